The fourth-order valence-corrected chi connectivity index (χ4v) is 3.03. The molecule has 0 aliphatic heterocycles. The van der Waals surface area contributed by atoms with E-state index in [1.54, 1.807) is 5.38 Å². The number of halogens is 2. The second kappa shape index (κ2) is 6.32. The molecule has 112 valence electrons. The zero-order chi connectivity index (χ0) is 14.2. The largest absolute Gasteiger partial charge is 0.341 e. The second-order valence-corrected chi connectivity index (χ2v) is 6.26. The number of benzene rings is 1. The minimum absolute atomic E-state index is 0. The molecule has 2 aromatic rings. The van der Waals surface area contributed by atoms with E-state index in [-0.39, 0.29) is 23.9 Å². The molecular weight excluding hydrogens is 329 g/mol. The monoisotopic (exact) mass is 343 g/mol. The third-order valence-electron chi connectivity index (χ3n) is 3.44. The highest BCUT2D eigenvalue weighted by molar-refractivity contribution is 7.09. The predicted octanol–water partition coefficient (Wildman–Crippen LogP) is 3.10. The molecule has 0 spiro atoms. The van der Waals surface area contributed by atoms with Crippen LogP contribution < -0.4 is 11.1 Å². The molecule has 1 amide bonds. The van der Waals surface area contributed by atoms with Gasteiger partial charge in [-0.25, -0.2) is 4.98 Å². The number of nitrogens with one attached hydrogen (secondary N) is 1. The summed E-state index contributed by atoms with van der Waals surface area (Å²) in [4.78, 5) is 16.5. The zero-order valence-electron chi connectivity index (χ0n) is 11.1. The number of hydrogen-bond acceptors (Lipinski definition) is 4. The van der Waals surface area contributed by atoms with Crippen LogP contribution in [0.5, 0.6) is 0 Å². The molecule has 0 radical (unpaired) electrons. The zero-order valence-corrected chi connectivity index (χ0v) is 13.5. The van der Waals surface area contributed by atoms with E-state index >= 15 is 0 Å². The normalized spacial score (nSPS) is 15.1. The molecule has 0 bridgehead atoms. The molecule has 0 atom stereocenters. The molecule has 1 aliphatic rings. The molecule has 0 unspecified atom stereocenters. The van der Waals surface area contributed by atoms with Crippen molar-refractivity contribution in [3.05, 3.63) is 50.9 Å². The lowest BCUT2D eigenvalue weighted by molar-refractivity contribution is 0.0926. The number of nitrogens with zero attached hydrogens (tertiary/aromatic N) is 1. The maximum absolute atomic E-state index is 12.2. The van der Waals surface area contributed by atoms with Crippen LogP contribution in [-0.4, -0.2) is 10.9 Å². The Morgan fingerprint density at radius 2 is 2.24 bits per heavy atom. The van der Waals surface area contributed by atoms with Crippen LogP contribution in [0.1, 0.15) is 33.9 Å². The lowest BCUT2D eigenvalue weighted by atomic mass is 10.0. The van der Waals surface area contributed by atoms with Crippen LogP contribution in [0, 0.1) is 0 Å². The van der Waals surface area contributed by atoms with Gasteiger partial charge in [-0.1, -0.05) is 23.7 Å². The fourth-order valence-electron chi connectivity index (χ4n) is 2.19. The van der Waals surface area contributed by atoms with Gasteiger partial charge < -0.3 is 11.1 Å². The quantitative estimate of drug-likeness (QED) is 0.896. The van der Waals surface area contributed by atoms with Crippen molar-refractivity contribution in [2.45, 2.75) is 24.9 Å². The van der Waals surface area contributed by atoms with E-state index < -0.39 is 0 Å². The lowest BCUT2D eigenvalue weighted by Gasteiger charge is -2.17. The topological polar surface area (TPSA) is 68.0 Å². The van der Waals surface area contributed by atoms with Gasteiger partial charge >= 0.3 is 0 Å². The highest BCUT2D eigenvalue weighted by Gasteiger charge is 2.46. The number of carbonyl (C=O) groups excluding carboxylic acids is 1. The number of amides is 1. The van der Waals surface area contributed by atoms with Gasteiger partial charge in [-0.05, 0) is 30.5 Å². The Morgan fingerprint density at radius 1 is 1.48 bits per heavy atom. The Bertz CT molecular complexity index is 655. The molecule has 3 rings (SSSR count). The van der Waals surface area contributed by atoms with Gasteiger partial charge in [0.15, 0.2) is 0 Å². The third-order valence-corrected chi connectivity index (χ3v) is 4.55. The van der Waals surface area contributed by atoms with Gasteiger partial charge in [0.2, 0.25) is 0 Å². The van der Waals surface area contributed by atoms with Crippen LogP contribution >= 0.6 is 35.3 Å². The predicted molar refractivity (Wildman–Crippen MR) is 87.1 cm³/mol. The van der Waals surface area contributed by atoms with Crippen molar-refractivity contribution in [3.8, 4) is 0 Å². The lowest BCUT2D eigenvalue weighted by Crippen LogP contribution is -2.35. The van der Waals surface area contributed by atoms with Crippen LogP contribution in [0.2, 0.25) is 5.02 Å². The molecule has 21 heavy (non-hydrogen) atoms. The Labute approximate surface area is 138 Å². The highest BCUT2D eigenvalue weighted by atomic mass is 35.5. The fraction of sp³-hybridized carbons (Fsp3) is 0.286. The van der Waals surface area contributed by atoms with Crippen molar-refractivity contribution in [2.75, 3.05) is 0 Å². The van der Waals surface area contributed by atoms with Gasteiger partial charge in [0.1, 0.15) is 10.7 Å². The van der Waals surface area contributed by atoms with Gasteiger partial charge in [-0.2, -0.15) is 0 Å². The molecule has 4 nitrogen and oxygen atoms in total. The first kappa shape index (κ1) is 16.2. The van der Waals surface area contributed by atoms with E-state index in [1.165, 1.54) is 11.3 Å². The smallest absolute Gasteiger partial charge is 0.271 e. The van der Waals surface area contributed by atoms with Gasteiger partial charge in [0.25, 0.3) is 5.91 Å². The molecule has 1 aromatic carbocycles. The number of hydrogen-bond donors (Lipinski definition) is 2. The summed E-state index contributed by atoms with van der Waals surface area (Å²) in [6.07, 6.45) is 1.85. The first-order chi connectivity index (χ1) is 9.63. The average Bonchev–Trinajstić information content (AvgIpc) is 3.06. The second-order valence-electron chi connectivity index (χ2n) is 4.88. The summed E-state index contributed by atoms with van der Waals surface area (Å²) in [5, 5.41) is 6.26. The summed E-state index contributed by atoms with van der Waals surface area (Å²) >= 11 is 7.42. The SMILES string of the molecule is Cl.NCc1nc(C(=O)NC2(c3cccc(Cl)c3)CC2)cs1. The Morgan fingerprint density at radius 3 is 2.81 bits per heavy atom. The van der Waals surface area contributed by atoms with Crippen molar-refractivity contribution in [3.63, 3.8) is 0 Å². The molecule has 3 N–H and O–H groups in total. The van der Waals surface area contributed by atoms with Crippen molar-refractivity contribution >= 4 is 41.3 Å². The number of rotatable bonds is 4. The molecule has 7 heteroatoms. The highest BCUT2D eigenvalue weighted by Crippen LogP contribution is 2.46. The summed E-state index contributed by atoms with van der Waals surface area (Å²) in [6.45, 7) is 0.359. The first-order valence-corrected chi connectivity index (χ1v) is 7.62. The van der Waals surface area contributed by atoms with E-state index in [0.29, 0.717) is 17.3 Å². The Balaban J connectivity index is 0.00000161. The van der Waals surface area contributed by atoms with Crippen LogP contribution in [-0.2, 0) is 12.1 Å². The number of carbonyl (C=O) groups is 1. The van der Waals surface area contributed by atoms with E-state index in [1.807, 2.05) is 24.3 Å². The minimum atomic E-state index is -0.283. The van der Waals surface area contributed by atoms with Crippen molar-refractivity contribution in [1.82, 2.24) is 10.3 Å². The van der Waals surface area contributed by atoms with Crippen LogP contribution in [0.3, 0.4) is 0 Å². The summed E-state index contributed by atoms with van der Waals surface area (Å²) < 4.78 is 0. The summed E-state index contributed by atoms with van der Waals surface area (Å²) in [5.74, 6) is -0.154. The Hall–Kier alpha value is -1.14. The molecule has 1 fully saturated rings. The molecule has 1 saturated carbocycles. The van der Waals surface area contributed by atoms with Crippen molar-refractivity contribution < 1.29 is 4.79 Å². The minimum Gasteiger partial charge on any atom is -0.341 e. The average molecular weight is 344 g/mol. The number of nitrogens with two attached hydrogens (primary N) is 1. The molecule has 1 aromatic heterocycles. The van der Waals surface area contributed by atoms with E-state index in [4.69, 9.17) is 17.3 Å². The van der Waals surface area contributed by atoms with E-state index in [2.05, 4.69) is 10.3 Å². The van der Waals surface area contributed by atoms with Gasteiger partial charge in [-0.15, -0.1) is 23.7 Å². The van der Waals surface area contributed by atoms with Gasteiger partial charge in [-0.3, -0.25) is 4.79 Å². The third kappa shape index (κ3) is 3.37. The maximum atomic E-state index is 12.2. The van der Waals surface area contributed by atoms with Crippen LogP contribution in [0.15, 0.2) is 29.6 Å². The van der Waals surface area contributed by atoms with Crippen molar-refractivity contribution in [2.24, 2.45) is 5.73 Å². The van der Waals surface area contributed by atoms with Crippen LogP contribution in [0.4, 0.5) is 0 Å². The van der Waals surface area contributed by atoms with Gasteiger partial charge in [0, 0.05) is 16.9 Å². The van der Waals surface area contributed by atoms with Gasteiger partial charge in [0.05, 0.1) is 5.54 Å². The first-order valence-electron chi connectivity index (χ1n) is 6.36. The number of aromatic nitrogens is 1. The Kier molecular flexibility index (Phi) is 4.88. The van der Waals surface area contributed by atoms with Crippen LogP contribution in [0.25, 0.3) is 0 Å². The summed E-state index contributed by atoms with van der Waals surface area (Å²) in [5.41, 5.74) is 6.71. The maximum Gasteiger partial charge on any atom is 0.271 e. The standard InChI is InChI=1S/C14H14ClN3OS.ClH/c15-10-3-1-2-9(6-10)14(4-5-14)18-13(19)11-8-20-12(7-16)17-11;/h1-3,6,8H,4-5,7,16H2,(H,18,19);1H. The van der Waals surface area contributed by atoms with E-state index in [0.717, 1.165) is 23.4 Å². The van der Waals surface area contributed by atoms with E-state index in [9.17, 15) is 4.79 Å². The molecule has 0 saturated heterocycles. The molecular formula is C14H15Cl2N3OS. The summed E-state index contributed by atoms with van der Waals surface area (Å²) in [6, 6.07) is 7.63. The summed E-state index contributed by atoms with van der Waals surface area (Å²) in [7, 11) is 0. The molecule has 1 heterocycles. The van der Waals surface area contributed by atoms with Crippen molar-refractivity contribution in [1.29, 1.82) is 0 Å². The number of thiazole rings is 1. The molecule has 1 aliphatic carbocycles.